The quantitative estimate of drug-likeness (QED) is 0.373. The maximum atomic E-state index is 12.5. The van der Waals surface area contributed by atoms with Crippen molar-refractivity contribution >= 4 is 34.8 Å². The van der Waals surface area contributed by atoms with Gasteiger partial charge >= 0.3 is 5.97 Å². The average molecular weight is 463 g/mol. The van der Waals surface area contributed by atoms with Gasteiger partial charge in [0.1, 0.15) is 11.6 Å². The van der Waals surface area contributed by atoms with Gasteiger partial charge in [-0.15, -0.1) is 0 Å². The molecule has 180 valence electrons. The molecule has 3 atom stereocenters. The molecule has 0 bridgehead atoms. The molecule has 0 aromatic carbocycles. The molecular weight excluding hydrogens is 432 g/mol. The molecular formula is C20H30N8O5. The number of ether oxygens (including phenoxy) is 1. The Labute approximate surface area is 189 Å². The number of nitrogens with zero attached hydrogens (tertiary/aromatic N) is 5. The van der Waals surface area contributed by atoms with Crippen molar-refractivity contribution in [2.24, 2.45) is 5.73 Å². The summed E-state index contributed by atoms with van der Waals surface area (Å²) in [6.07, 6.45) is 3.24. The van der Waals surface area contributed by atoms with E-state index in [1.807, 2.05) is 0 Å². The molecule has 1 spiro atoms. The monoisotopic (exact) mass is 462 g/mol. The molecule has 33 heavy (non-hydrogen) atoms. The second kappa shape index (κ2) is 8.39. The maximum absolute atomic E-state index is 12.5. The number of amides is 1. The lowest BCUT2D eigenvalue weighted by atomic mass is 9.75. The molecule has 0 radical (unpaired) electrons. The molecule has 13 nitrogen and oxygen atoms in total. The average Bonchev–Trinajstić information content (AvgIpc) is 3.15. The van der Waals surface area contributed by atoms with Gasteiger partial charge in [-0.1, -0.05) is 0 Å². The largest absolute Gasteiger partial charge is 0.480 e. The van der Waals surface area contributed by atoms with Gasteiger partial charge in [0.2, 0.25) is 11.9 Å². The number of carbonyl (C=O) groups excluding carboxylic acids is 1. The van der Waals surface area contributed by atoms with Crippen molar-refractivity contribution in [3.05, 3.63) is 6.33 Å². The third kappa shape index (κ3) is 4.43. The third-order valence-corrected chi connectivity index (χ3v) is 6.76. The van der Waals surface area contributed by atoms with E-state index in [-0.39, 0.29) is 37.1 Å². The van der Waals surface area contributed by atoms with Crippen LogP contribution in [0.4, 0.5) is 11.8 Å². The number of carboxylic acids is 1. The number of aromatic nitrogens is 4. The van der Waals surface area contributed by atoms with Crippen molar-refractivity contribution < 1.29 is 24.5 Å². The fourth-order valence-electron chi connectivity index (χ4n) is 4.87. The van der Waals surface area contributed by atoms with E-state index in [4.69, 9.17) is 27.0 Å². The van der Waals surface area contributed by atoms with Gasteiger partial charge in [-0.05, 0) is 26.2 Å². The van der Waals surface area contributed by atoms with Crippen molar-refractivity contribution in [1.29, 1.82) is 0 Å². The number of anilines is 2. The second-order valence-electron chi connectivity index (χ2n) is 9.20. The van der Waals surface area contributed by atoms with Crippen LogP contribution in [-0.2, 0) is 14.3 Å². The van der Waals surface area contributed by atoms with Gasteiger partial charge in [0, 0.05) is 25.9 Å². The summed E-state index contributed by atoms with van der Waals surface area (Å²) in [7, 11) is 0. The third-order valence-electron chi connectivity index (χ3n) is 6.76. The van der Waals surface area contributed by atoms with Gasteiger partial charge in [0.25, 0.3) is 0 Å². The van der Waals surface area contributed by atoms with Gasteiger partial charge < -0.3 is 41.6 Å². The molecule has 0 unspecified atom stereocenters. The number of hydrogen-bond acceptors (Lipinski definition) is 10. The first-order valence-electron chi connectivity index (χ1n) is 10.9. The zero-order valence-electron chi connectivity index (χ0n) is 18.5. The number of hydrogen-bond donors (Lipinski definition) is 5. The SMILES string of the molecule is C[C@@]1(O)CC2(CCN(C(=O)CC[C@H](N)C(=O)O)CC2)OC[C@H]1n1cnc2c(N)nc(N)nc21. The first-order valence-corrected chi connectivity index (χ1v) is 10.9. The second-order valence-corrected chi connectivity index (χ2v) is 9.20. The Balaban J connectivity index is 1.42. The molecule has 2 aromatic rings. The Morgan fingerprint density at radius 2 is 2.00 bits per heavy atom. The summed E-state index contributed by atoms with van der Waals surface area (Å²) in [5, 5.41) is 20.3. The number of carboxylic acid groups (broad SMARTS) is 1. The molecule has 2 aliphatic heterocycles. The van der Waals surface area contributed by atoms with Crippen LogP contribution in [0.25, 0.3) is 11.2 Å². The van der Waals surface area contributed by atoms with Crippen LogP contribution in [0.3, 0.4) is 0 Å². The lowest BCUT2D eigenvalue weighted by Gasteiger charge is -2.51. The van der Waals surface area contributed by atoms with E-state index in [1.54, 1.807) is 22.7 Å². The first-order chi connectivity index (χ1) is 15.5. The minimum atomic E-state index is -1.14. The molecule has 4 rings (SSSR count). The van der Waals surface area contributed by atoms with Crippen LogP contribution in [0.2, 0.25) is 0 Å². The number of nitrogens with two attached hydrogens (primary N) is 3. The molecule has 4 heterocycles. The first kappa shape index (κ1) is 23.1. The molecule has 8 N–H and O–H groups in total. The summed E-state index contributed by atoms with van der Waals surface area (Å²) in [4.78, 5) is 37.5. The Morgan fingerprint density at radius 3 is 2.64 bits per heavy atom. The van der Waals surface area contributed by atoms with E-state index in [0.717, 1.165) is 0 Å². The van der Waals surface area contributed by atoms with Crippen molar-refractivity contribution in [2.75, 3.05) is 31.2 Å². The highest BCUT2D eigenvalue weighted by molar-refractivity contribution is 5.82. The highest BCUT2D eigenvalue weighted by Gasteiger charge is 2.50. The number of fused-ring (bicyclic) bond motifs is 1. The van der Waals surface area contributed by atoms with Crippen molar-refractivity contribution in [2.45, 2.75) is 62.3 Å². The fourth-order valence-corrected chi connectivity index (χ4v) is 4.87. The van der Waals surface area contributed by atoms with Gasteiger partial charge in [-0.25, -0.2) is 4.98 Å². The smallest absolute Gasteiger partial charge is 0.320 e. The topological polar surface area (TPSA) is 209 Å². The van der Waals surface area contributed by atoms with Crippen molar-refractivity contribution in [3.63, 3.8) is 0 Å². The standard InChI is InChI=1S/C20H30N8O5/c1-19(32)9-20(4-6-27(7-5-20)13(29)3-2-11(21)17(30)31)33-8-12(19)28-10-24-14-15(22)25-18(23)26-16(14)28/h10-12,32H,2-9,21H2,1H3,(H,30,31)(H4,22,23,25,26)/t11-,12+,19+/m0/s1. The van der Waals surface area contributed by atoms with Gasteiger partial charge in [0.15, 0.2) is 11.5 Å². The Bertz CT molecular complexity index is 1060. The minimum Gasteiger partial charge on any atom is -0.480 e. The van der Waals surface area contributed by atoms with Crippen molar-refractivity contribution in [3.8, 4) is 0 Å². The highest BCUT2D eigenvalue weighted by Crippen LogP contribution is 2.44. The Hall–Kier alpha value is -3.03. The van der Waals surface area contributed by atoms with Gasteiger partial charge in [-0.3, -0.25) is 9.59 Å². The number of aliphatic hydroxyl groups is 1. The van der Waals surface area contributed by atoms with Crippen LogP contribution >= 0.6 is 0 Å². The number of aliphatic carboxylic acids is 1. The van der Waals surface area contributed by atoms with Gasteiger partial charge in [0.05, 0.1) is 30.2 Å². The predicted octanol–water partition coefficient (Wildman–Crippen LogP) is -0.744. The number of imidazole rings is 1. The lowest BCUT2D eigenvalue weighted by Crippen LogP contribution is -2.58. The molecule has 2 aliphatic rings. The van der Waals surface area contributed by atoms with Crippen LogP contribution in [0.5, 0.6) is 0 Å². The summed E-state index contributed by atoms with van der Waals surface area (Å²) >= 11 is 0. The van der Waals surface area contributed by atoms with Crippen LogP contribution in [0.1, 0.15) is 45.1 Å². The van der Waals surface area contributed by atoms with E-state index < -0.39 is 29.3 Å². The van der Waals surface area contributed by atoms with Crippen LogP contribution in [-0.4, -0.2) is 83.4 Å². The molecule has 0 aliphatic carbocycles. The summed E-state index contributed by atoms with van der Waals surface area (Å²) in [5.74, 6) is -1.04. The number of carbonyl (C=O) groups is 2. The van der Waals surface area contributed by atoms with E-state index in [1.165, 1.54) is 0 Å². The lowest BCUT2D eigenvalue weighted by molar-refractivity contribution is -0.197. The zero-order chi connectivity index (χ0) is 24.0. The normalized spacial score (nSPS) is 25.9. The molecule has 2 fully saturated rings. The van der Waals surface area contributed by atoms with Gasteiger partial charge in [-0.2, -0.15) is 9.97 Å². The fraction of sp³-hybridized carbons (Fsp3) is 0.650. The van der Waals surface area contributed by atoms with E-state index >= 15 is 0 Å². The number of likely N-dealkylation sites (tertiary alicyclic amines) is 1. The molecule has 13 heteroatoms. The minimum absolute atomic E-state index is 0.0240. The summed E-state index contributed by atoms with van der Waals surface area (Å²) in [6.45, 7) is 2.92. The molecule has 1 amide bonds. The maximum Gasteiger partial charge on any atom is 0.320 e. The van der Waals surface area contributed by atoms with Crippen molar-refractivity contribution in [1.82, 2.24) is 24.4 Å². The Morgan fingerprint density at radius 1 is 1.30 bits per heavy atom. The summed E-state index contributed by atoms with van der Waals surface area (Å²) in [5.41, 5.74) is 16.3. The predicted molar refractivity (Wildman–Crippen MR) is 118 cm³/mol. The number of rotatable bonds is 5. The van der Waals surface area contributed by atoms with E-state index in [2.05, 4.69) is 15.0 Å². The molecule has 2 saturated heterocycles. The van der Waals surface area contributed by atoms with E-state index in [0.29, 0.717) is 43.5 Å². The van der Waals surface area contributed by atoms with E-state index in [9.17, 15) is 14.7 Å². The summed E-state index contributed by atoms with van der Waals surface area (Å²) < 4.78 is 8.02. The Kier molecular flexibility index (Phi) is 5.88. The molecule has 2 aromatic heterocycles. The zero-order valence-corrected chi connectivity index (χ0v) is 18.5. The number of nitrogen functional groups attached to an aromatic ring is 2. The number of piperidine rings is 1. The van der Waals surface area contributed by atoms with Crippen LogP contribution in [0.15, 0.2) is 6.33 Å². The molecule has 0 saturated carbocycles. The van der Waals surface area contributed by atoms with Crippen LogP contribution in [0, 0.1) is 0 Å². The van der Waals surface area contributed by atoms with Crippen LogP contribution < -0.4 is 17.2 Å². The summed E-state index contributed by atoms with van der Waals surface area (Å²) in [6, 6.07) is -1.51. The highest BCUT2D eigenvalue weighted by atomic mass is 16.5.